The van der Waals surface area contributed by atoms with Crippen molar-refractivity contribution in [2.75, 3.05) is 0 Å². The summed E-state index contributed by atoms with van der Waals surface area (Å²) in [5.41, 5.74) is 1.69. The topological polar surface area (TPSA) is 70.9 Å². The Labute approximate surface area is 158 Å². The van der Waals surface area contributed by atoms with Crippen LogP contribution in [0.5, 0.6) is 0 Å². The number of fused-ring (bicyclic) bond motifs is 1. The van der Waals surface area contributed by atoms with Gasteiger partial charge in [0.2, 0.25) is 0 Å². The van der Waals surface area contributed by atoms with Crippen molar-refractivity contribution >= 4 is 33.2 Å². The number of hydrogen-bond acceptors (Lipinski definition) is 5. The number of aromatic amines is 1. The minimum atomic E-state index is -0.136. The van der Waals surface area contributed by atoms with Crippen molar-refractivity contribution in [1.82, 2.24) is 15.3 Å². The molecule has 0 radical (unpaired) electrons. The van der Waals surface area contributed by atoms with E-state index in [9.17, 15) is 4.79 Å². The molecule has 3 aromatic heterocycles. The Hall–Kier alpha value is -2.41. The summed E-state index contributed by atoms with van der Waals surface area (Å²) >= 11 is 7.41. The molecule has 0 aliphatic rings. The molecule has 7 heteroatoms. The van der Waals surface area contributed by atoms with E-state index in [1.54, 1.807) is 6.26 Å². The van der Waals surface area contributed by atoms with Crippen LogP contribution in [0, 0.1) is 0 Å². The van der Waals surface area contributed by atoms with Crippen molar-refractivity contribution < 1.29 is 4.42 Å². The minimum Gasteiger partial charge on any atom is -0.468 e. The zero-order chi connectivity index (χ0) is 18.1. The van der Waals surface area contributed by atoms with Crippen LogP contribution in [0.2, 0.25) is 5.02 Å². The van der Waals surface area contributed by atoms with Crippen LogP contribution in [0.15, 0.2) is 57.3 Å². The second kappa shape index (κ2) is 7.07. The molecule has 0 bridgehead atoms. The molecule has 4 aromatic rings. The zero-order valence-corrected chi connectivity index (χ0v) is 15.5. The van der Waals surface area contributed by atoms with Crippen LogP contribution in [-0.2, 0) is 6.54 Å². The normalized spacial score (nSPS) is 12.5. The molecule has 0 saturated carbocycles. The van der Waals surface area contributed by atoms with Crippen LogP contribution in [0.4, 0.5) is 0 Å². The summed E-state index contributed by atoms with van der Waals surface area (Å²) in [6.07, 6.45) is 1.64. The first-order valence-electron chi connectivity index (χ1n) is 8.15. The fraction of sp³-hybridized carbons (Fsp3) is 0.158. The van der Waals surface area contributed by atoms with Crippen molar-refractivity contribution in [3.63, 3.8) is 0 Å². The van der Waals surface area contributed by atoms with Gasteiger partial charge in [-0.1, -0.05) is 23.7 Å². The molecule has 0 fully saturated rings. The molecule has 4 rings (SSSR count). The molecule has 1 aromatic carbocycles. The summed E-state index contributed by atoms with van der Waals surface area (Å²) in [6, 6.07) is 11.2. The summed E-state index contributed by atoms with van der Waals surface area (Å²) in [6.45, 7) is 2.44. The predicted molar refractivity (Wildman–Crippen MR) is 105 cm³/mol. The summed E-state index contributed by atoms with van der Waals surface area (Å²) in [4.78, 5) is 20.8. The first-order valence-corrected chi connectivity index (χ1v) is 9.40. The average Bonchev–Trinajstić information content (AvgIpc) is 3.30. The van der Waals surface area contributed by atoms with Gasteiger partial charge >= 0.3 is 0 Å². The number of aromatic nitrogens is 2. The van der Waals surface area contributed by atoms with Gasteiger partial charge in [0.15, 0.2) is 0 Å². The fourth-order valence-electron chi connectivity index (χ4n) is 2.81. The van der Waals surface area contributed by atoms with E-state index in [-0.39, 0.29) is 11.6 Å². The SMILES string of the molecule is C[C@H](NCc1nc2scc(-c3ccc(Cl)cc3)c2c(=O)[nH]1)c1ccco1. The molecule has 26 heavy (non-hydrogen) atoms. The molecule has 0 unspecified atom stereocenters. The van der Waals surface area contributed by atoms with E-state index in [4.69, 9.17) is 16.0 Å². The molecule has 2 N–H and O–H groups in total. The lowest BCUT2D eigenvalue weighted by atomic mass is 10.1. The smallest absolute Gasteiger partial charge is 0.260 e. The molecule has 0 aliphatic carbocycles. The third kappa shape index (κ3) is 3.31. The number of halogens is 1. The Kier molecular flexibility index (Phi) is 4.63. The third-order valence-corrected chi connectivity index (χ3v) is 5.32. The Bertz CT molecular complexity index is 1080. The highest BCUT2D eigenvalue weighted by atomic mass is 35.5. The summed E-state index contributed by atoms with van der Waals surface area (Å²) in [5.74, 6) is 1.44. The van der Waals surface area contributed by atoms with Crippen LogP contribution in [0.1, 0.15) is 24.6 Å². The van der Waals surface area contributed by atoms with Crippen LogP contribution in [0.3, 0.4) is 0 Å². The van der Waals surface area contributed by atoms with Gasteiger partial charge in [0, 0.05) is 16.0 Å². The van der Waals surface area contributed by atoms with Gasteiger partial charge < -0.3 is 14.7 Å². The van der Waals surface area contributed by atoms with E-state index in [2.05, 4.69) is 15.3 Å². The Morgan fingerprint density at radius 3 is 2.85 bits per heavy atom. The number of thiophene rings is 1. The monoisotopic (exact) mass is 385 g/mol. The lowest BCUT2D eigenvalue weighted by Gasteiger charge is -2.10. The van der Waals surface area contributed by atoms with Crippen molar-refractivity contribution in [3.8, 4) is 11.1 Å². The molecular formula is C19H16ClN3O2S. The lowest BCUT2D eigenvalue weighted by molar-refractivity contribution is 0.427. The van der Waals surface area contributed by atoms with Gasteiger partial charge in [-0.15, -0.1) is 11.3 Å². The first kappa shape index (κ1) is 17.0. The van der Waals surface area contributed by atoms with E-state index in [0.717, 1.165) is 21.7 Å². The van der Waals surface area contributed by atoms with E-state index in [1.165, 1.54) is 11.3 Å². The maximum atomic E-state index is 12.6. The van der Waals surface area contributed by atoms with Crippen molar-refractivity contribution in [1.29, 1.82) is 0 Å². The first-order chi connectivity index (χ1) is 12.6. The Balaban J connectivity index is 1.61. The minimum absolute atomic E-state index is 0.0268. The largest absolute Gasteiger partial charge is 0.468 e. The molecule has 0 amide bonds. The number of hydrogen-bond donors (Lipinski definition) is 2. The molecule has 0 aliphatic heterocycles. The van der Waals surface area contributed by atoms with Crippen molar-refractivity contribution in [2.24, 2.45) is 0 Å². The van der Waals surface area contributed by atoms with Gasteiger partial charge in [0.25, 0.3) is 5.56 Å². The quantitative estimate of drug-likeness (QED) is 0.520. The van der Waals surface area contributed by atoms with E-state index >= 15 is 0 Å². The highest BCUT2D eigenvalue weighted by molar-refractivity contribution is 7.17. The number of rotatable bonds is 5. The van der Waals surface area contributed by atoms with E-state index < -0.39 is 0 Å². The third-order valence-electron chi connectivity index (χ3n) is 4.19. The second-order valence-electron chi connectivity index (χ2n) is 5.97. The highest BCUT2D eigenvalue weighted by Crippen LogP contribution is 2.31. The summed E-state index contributed by atoms with van der Waals surface area (Å²) < 4.78 is 5.38. The Morgan fingerprint density at radius 1 is 1.31 bits per heavy atom. The Morgan fingerprint density at radius 2 is 2.12 bits per heavy atom. The maximum Gasteiger partial charge on any atom is 0.260 e. The summed E-state index contributed by atoms with van der Waals surface area (Å²) in [7, 11) is 0. The van der Waals surface area contributed by atoms with Gasteiger partial charge in [0.05, 0.1) is 24.2 Å². The number of nitrogens with zero attached hydrogens (tertiary/aromatic N) is 1. The van der Waals surface area contributed by atoms with Crippen LogP contribution < -0.4 is 10.9 Å². The number of furan rings is 1. The lowest BCUT2D eigenvalue weighted by Crippen LogP contribution is -2.21. The van der Waals surface area contributed by atoms with Gasteiger partial charge in [0.1, 0.15) is 16.4 Å². The molecule has 3 heterocycles. The second-order valence-corrected chi connectivity index (χ2v) is 7.26. The van der Waals surface area contributed by atoms with Gasteiger partial charge in [-0.25, -0.2) is 4.98 Å². The fourth-order valence-corrected chi connectivity index (χ4v) is 3.90. The van der Waals surface area contributed by atoms with Gasteiger partial charge in [-0.2, -0.15) is 0 Å². The van der Waals surface area contributed by atoms with Crippen molar-refractivity contribution in [3.05, 3.63) is 75.0 Å². The molecule has 132 valence electrons. The molecule has 1 atom stereocenters. The molecule has 0 saturated heterocycles. The van der Waals surface area contributed by atoms with E-state index in [1.807, 2.05) is 48.7 Å². The van der Waals surface area contributed by atoms with Crippen LogP contribution in [0.25, 0.3) is 21.3 Å². The summed E-state index contributed by atoms with van der Waals surface area (Å²) in [5, 5.41) is 6.54. The number of nitrogens with one attached hydrogen (secondary N) is 2. The maximum absolute atomic E-state index is 12.6. The molecule has 5 nitrogen and oxygen atoms in total. The zero-order valence-electron chi connectivity index (χ0n) is 14.0. The van der Waals surface area contributed by atoms with Crippen LogP contribution >= 0.6 is 22.9 Å². The number of benzene rings is 1. The van der Waals surface area contributed by atoms with E-state index in [0.29, 0.717) is 22.8 Å². The van der Waals surface area contributed by atoms with Gasteiger partial charge in [-0.05, 0) is 36.8 Å². The standard InChI is InChI=1S/C19H16ClN3O2S/c1-11(15-3-2-8-25-15)21-9-16-22-18(24)17-14(10-26-19(17)23-16)12-4-6-13(20)7-5-12/h2-8,10-11,21H,9H2,1H3,(H,22,23,24)/t11-/m0/s1. The average molecular weight is 386 g/mol. The predicted octanol–water partition coefficient (Wildman–Crippen LogP) is 4.75. The van der Waals surface area contributed by atoms with Crippen molar-refractivity contribution in [2.45, 2.75) is 19.5 Å². The highest BCUT2D eigenvalue weighted by Gasteiger charge is 2.14. The van der Waals surface area contributed by atoms with Gasteiger partial charge in [-0.3, -0.25) is 4.79 Å². The molecular weight excluding hydrogens is 370 g/mol. The van der Waals surface area contributed by atoms with Crippen LogP contribution in [-0.4, -0.2) is 9.97 Å². The molecule has 0 spiro atoms. The number of H-pyrrole nitrogens is 1.